The minimum absolute atomic E-state index is 0.0473. The first-order valence-electron chi connectivity index (χ1n) is 5.72. The fraction of sp³-hybridized carbons (Fsp3) is 0.500. The van der Waals surface area contributed by atoms with Crippen LogP contribution in [0.25, 0.3) is 10.4 Å². The fourth-order valence-corrected chi connectivity index (χ4v) is 1.61. The van der Waals surface area contributed by atoms with Gasteiger partial charge >= 0.3 is 0 Å². The molecule has 0 spiro atoms. The van der Waals surface area contributed by atoms with Crippen LogP contribution in [0, 0.1) is 11.7 Å². The number of rotatable bonds is 6. The highest BCUT2D eigenvalue weighted by atomic mass is 19.1. The van der Waals surface area contributed by atoms with Crippen LogP contribution in [0.4, 0.5) is 4.39 Å². The molecule has 0 aliphatic heterocycles. The zero-order valence-electron chi connectivity index (χ0n) is 10.4. The molecule has 1 atom stereocenters. The van der Waals surface area contributed by atoms with Gasteiger partial charge in [-0.3, -0.25) is 9.78 Å². The summed E-state index contributed by atoms with van der Waals surface area (Å²) < 4.78 is 12.9. The molecular weight excluding hydrogens is 235 g/mol. The number of carbonyl (C=O) groups excluding carboxylic acids is 1. The lowest BCUT2D eigenvalue weighted by Crippen LogP contribution is -2.24. The Bertz CT molecular complexity index is 469. The molecule has 0 saturated carbocycles. The number of aromatic nitrogens is 1. The smallest absolute Gasteiger partial charge is 0.142 e. The summed E-state index contributed by atoms with van der Waals surface area (Å²) in [6, 6.07) is 1.89. The van der Waals surface area contributed by atoms with Crippen LogP contribution in [-0.2, 0) is 11.2 Å². The van der Waals surface area contributed by atoms with E-state index in [0.717, 1.165) is 0 Å². The van der Waals surface area contributed by atoms with E-state index in [9.17, 15) is 9.18 Å². The Morgan fingerprint density at radius 2 is 2.33 bits per heavy atom. The molecule has 96 valence electrons. The Kier molecular flexibility index (Phi) is 5.27. The van der Waals surface area contributed by atoms with E-state index < -0.39 is 6.04 Å². The first kappa shape index (κ1) is 14.1. The third kappa shape index (κ3) is 4.14. The molecule has 5 nitrogen and oxygen atoms in total. The van der Waals surface area contributed by atoms with E-state index in [0.29, 0.717) is 12.1 Å². The number of Topliss-reactive ketones (excluding diaryl/α,β-unsaturated/α-hetero) is 1. The summed E-state index contributed by atoms with van der Waals surface area (Å²) in [6.45, 7) is 3.63. The van der Waals surface area contributed by atoms with Crippen LogP contribution < -0.4 is 0 Å². The summed E-state index contributed by atoms with van der Waals surface area (Å²) in [5, 5.41) is 3.49. The Balaban J connectivity index is 2.62. The number of pyridine rings is 1. The number of nitrogens with zero attached hydrogens (tertiary/aromatic N) is 4. The predicted octanol–water partition coefficient (Wildman–Crippen LogP) is 3.06. The molecule has 0 saturated heterocycles. The average Bonchev–Trinajstić information content (AvgIpc) is 2.32. The molecule has 0 amide bonds. The lowest BCUT2D eigenvalue weighted by molar-refractivity contribution is -0.121. The summed E-state index contributed by atoms with van der Waals surface area (Å²) >= 11 is 0. The van der Waals surface area contributed by atoms with E-state index in [1.165, 1.54) is 18.3 Å². The second-order valence-corrected chi connectivity index (χ2v) is 4.33. The van der Waals surface area contributed by atoms with E-state index in [-0.39, 0.29) is 23.9 Å². The quantitative estimate of drug-likeness (QED) is 0.442. The molecule has 0 fully saturated rings. The molecule has 1 aromatic heterocycles. The zero-order valence-corrected chi connectivity index (χ0v) is 10.4. The van der Waals surface area contributed by atoms with Crippen LogP contribution in [0.5, 0.6) is 0 Å². The van der Waals surface area contributed by atoms with E-state index in [1.807, 2.05) is 13.8 Å². The zero-order chi connectivity index (χ0) is 13.5. The molecule has 1 rings (SSSR count). The number of ketones is 1. The Labute approximate surface area is 105 Å². The van der Waals surface area contributed by atoms with E-state index in [4.69, 9.17) is 5.53 Å². The first-order chi connectivity index (χ1) is 8.54. The molecule has 6 heteroatoms. The van der Waals surface area contributed by atoms with Gasteiger partial charge in [-0.15, -0.1) is 0 Å². The highest BCUT2D eigenvalue weighted by molar-refractivity contribution is 5.84. The van der Waals surface area contributed by atoms with E-state index >= 15 is 0 Å². The third-order valence-corrected chi connectivity index (χ3v) is 2.54. The number of azide groups is 1. The van der Waals surface area contributed by atoms with Crippen LogP contribution in [0.15, 0.2) is 23.4 Å². The third-order valence-electron chi connectivity index (χ3n) is 2.54. The maximum absolute atomic E-state index is 12.9. The first-order valence-corrected chi connectivity index (χ1v) is 5.72. The topological polar surface area (TPSA) is 78.7 Å². The molecule has 0 radical (unpaired) electrons. The predicted molar refractivity (Wildman–Crippen MR) is 65.3 cm³/mol. The van der Waals surface area contributed by atoms with Crippen LogP contribution in [0.1, 0.15) is 26.0 Å². The van der Waals surface area contributed by atoms with E-state index in [1.54, 1.807) is 0 Å². The second-order valence-electron chi connectivity index (χ2n) is 4.33. The molecule has 0 aliphatic carbocycles. The van der Waals surface area contributed by atoms with Crippen molar-refractivity contribution >= 4 is 5.78 Å². The van der Waals surface area contributed by atoms with Crippen molar-refractivity contribution in [1.82, 2.24) is 4.98 Å². The lowest BCUT2D eigenvalue weighted by atomic mass is 9.97. The van der Waals surface area contributed by atoms with Crippen molar-refractivity contribution in [3.63, 3.8) is 0 Å². The molecule has 0 aliphatic rings. The highest BCUT2D eigenvalue weighted by Gasteiger charge is 2.20. The minimum atomic E-state index is -0.663. The molecule has 0 bridgehead atoms. The number of carbonyl (C=O) groups is 1. The summed E-state index contributed by atoms with van der Waals surface area (Å²) in [6.07, 6.45) is 1.90. The molecule has 0 N–H and O–H groups in total. The van der Waals surface area contributed by atoms with Crippen LogP contribution in [0.3, 0.4) is 0 Å². The number of hydrogen-bond acceptors (Lipinski definition) is 3. The van der Waals surface area contributed by atoms with Crippen molar-refractivity contribution in [3.8, 4) is 0 Å². The maximum Gasteiger partial charge on any atom is 0.142 e. The summed E-state index contributed by atoms with van der Waals surface area (Å²) in [7, 11) is 0. The fourth-order valence-electron chi connectivity index (χ4n) is 1.61. The van der Waals surface area contributed by atoms with Gasteiger partial charge in [0.1, 0.15) is 11.6 Å². The molecule has 0 aromatic carbocycles. The highest BCUT2D eigenvalue weighted by Crippen LogP contribution is 2.12. The summed E-state index contributed by atoms with van der Waals surface area (Å²) in [5.74, 6) is -0.564. The number of halogens is 1. The molecule has 0 unspecified atom stereocenters. The van der Waals surface area contributed by atoms with Crippen LogP contribution in [0.2, 0.25) is 0 Å². The molecule has 18 heavy (non-hydrogen) atoms. The second kappa shape index (κ2) is 6.71. The van der Waals surface area contributed by atoms with Crippen molar-refractivity contribution in [2.45, 2.75) is 32.7 Å². The van der Waals surface area contributed by atoms with Gasteiger partial charge < -0.3 is 0 Å². The monoisotopic (exact) mass is 250 g/mol. The largest absolute Gasteiger partial charge is 0.299 e. The normalized spacial score (nSPS) is 12.0. The molecule has 1 heterocycles. The van der Waals surface area contributed by atoms with Crippen molar-refractivity contribution < 1.29 is 9.18 Å². The van der Waals surface area contributed by atoms with Gasteiger partial charge in [0.2, 0.25) is 0 Å². The summed E-state index contributed by atoms with van der Waals surface area (Å²) in [4.78, 5) is 18.5. The van der Waals surface area contributed by atoms with Gasteiger partial charge in [0, 0.05) is 23.2 Å². The number of aryl methyl sites for hydroxylation is 1. The van der Waals surface area contributed by atoms with Gasteiger partial charge in [-0.1, -0.05) is 19.0 Å². The number of hydrogen-bond donors (Lipinski definition) is 0. The van der Waals surface area contributed by atoms with Gasteiger partial charge in [0.05, 0.1) is 6.04 Å². The SMILES string of the molecule is CC(C)[C@H](N=[N+]=[N-])C(=O)CCc1cc(F)ccn1. The van der Waals surface area contributed by atoms with Gasteiger partial charge in [-0.05, 0) is 30.0 Å². The standard InChI is InChI=1S/C12H15FN4O/c1-8(2)12(16-17-14)11(18)4-3-10-7-9(13)5-6-15-10/h5-8,12H,3-4H2,1-2H3/t12-/m0/s1. The van der Waals surface area contributed by atoms with Crippen molar-refractivity contribution in [3.05, 3.63) is 40.3 Å². The van der Waals surface area contributed by atoms with Gasteiger partial charge in [-0.25, -0.2) is 4.39 Å². The van der Waals surface area contributed by atoms with Crippen LogP contribution in [-0.4, -0.2) is 16.8 Å². The average molecular weight is 250 g/mol. The Morgan fingerprint density at radius 3 is 2.89 bits per heavy atom. The maximum atomic E-state index is 12.9. The van der Waals surface area contributed by atoms with Gasteiger partial charge in [0.25, 0.3) is 0 Å². The van der Waals surface area contributed by atoms with Crippen molar-refractivity contribution in [2.75, 3.05) is 0 Å². The van der Waals surface area contributed by atoms with Gasteiger partial charge in [0.15, 0.2) is 0 Å². The summed E-state index contributed by atoms with van der Waals surface area (Å²) in [5.41, 5.74) is 8.92. The minimum Gasteiger partial charge on any atom is -0.299 e. The van der Waals surface area contributed by atoms with E-state index in [2.05, 4.69) is 15.0 Å². The van der Waals surface area contributed by atoms with Crippen molar-refractivity contribution in [2.24, 2.45) is 11.0 Å². The lowest BCUT2D eigenvalue weighted by Gasteiger charge is -2.13. The van der Waals surface area contributed by atoms with Crippen molar-refractivity contribution in [1.29, 1.82) is 0 Å². The molecular formula is C12H15FN4O. The Morgan fingerprint density at radius 1 is 1.61 bits per heavy atom. The van der Waals surface area contributed by atoms with Gasteiger partial charge in [-0.2, -0.15) is 0 Å². The molecule has 1 aromatic rings. The van der Waals surface area contributed by atoms with Crippen LogP contribution >= 0.6 is 0 Å². The Hall–Kier alpha value is -1.94.